The van der Waals surface area contributed by atoms with E-state index in [0.717, 1.165) is 0 Å². The molecule has 0 aromatic carbocycles. The lowest BCUT2D eigenvalue weighted by atomic mass is 10.4. The van der Waals surface area contributed by atoms with Gasteiger partial charge in [0, 0.05) is 6.42 Å². The standard InChI is InChI=1S/C6H8N2O3/c1-2-4-7-5(11-8-4)3-6(9)10/h2-3H2,1H3,(H,9,10). The first-order chi connectivity index (χ1) is 5.22. The highest BCUT2D eigenvalue weighted by atomic mass is 16.5. The van der Waals surface area contributed by atoms with Gasteiger partial charge in [-0.15, -0.1) is 0 Å². The Morgan fingerprint density at radius 3 is 2.91 bits per heavy atom. The molecule has 0 fully saturated rings. The highest BCUT2D eigenvalue weighted by molar-refractivity contribution is 5.68. The number of carboxylic acids is 1. The zero-order chi connectivity index (χ0) is 8.27. The summed E-state index contributed by atoms with van der Waals surface area (Å²) < 4.78 is 4.62. The van der Waals surface area contributed by atoms with Gasteiger partial charge < -0.3 is 9.63 Å². The van der Waals surface area contributed by atoms with Crippen molar-refractivity contribution in [1.82, 2.24) is 10.1 Å². The molecule has 0 unspecified atom stereocenters. The van der Waals surface area contributed by atoms with Crippen molar-refractivity contribution >= 4 is 5.97 Å². The van der Waals surface area contributed by atoms with Crippen LogP contribution in [0.1, 0.15) is 18.6 Å². The van der Waals surface area contributed by atoms with Gasteiger partial charge >= 0.3 is 5.97 Å². The fourth-order valence-electron chi connectivity index (χ4n) is 0.635. The van der Waals surface area contributed by atoms with Gasteiger partial charge in [0.15, 0.2) is 5.82 Å². The van der Waals surface area contributed by atoms with Crippen LogP contribution in [-0.2, 0) is 17.6 Å². The van der Waals surface area contributed by atoms with Gasteiger partial charge in [-0.05, 0) is 0 Å². The predicted octanol–water partition coefficient (Wildman–Crippen LogP) is 0.259. The lowest BCUT2D eigenvalue weighted by molar-refractivity contribution is -0.136. The minimum Gasteiger partial charge on any atom is -0.481 e. The Bertz CT molecular complexity index is 256. The Kier molecular flexibility index (Phi) is 2.20. The van der Waals surface area contributed by atoms with E-state index in [2.05, 4.69) is 14.7 Å². The van der Waals surface area contributed by atoms with Crippen molar-refractivity contribution in [2.75, 3.05) is 0 Å². The number of aromatic nitrogens is 2. The Balaban J connectivity index is 2.65. The molecule has 0 bridgehead atoms. The van der Waals surface area contributed by atoms with E-state index in [4.69, 9.17) is 5.11 Å². The number of rotatable bonds is 3. The summed E-state index contributed by atoms with van der Waals surface area (Å²) in [6.07, 6.45) is 0.454. The second-order valence-electron chi connectivity index (χ2n) is 2.03. The Morgan fingerprint density at radius 2 is 2.45 bits per heavy atom. The van der Waals surface area contributed by atoms with Gasteiger partial charge in [0.2, 0.25) is 5.89 Å². The smallest absolute Gasteiger partial charge is 0.312 e. The molecule has 0 spiro atoms. The fraction of sp³-hybridized carbons (Fsp3) is 0.500. The van der Waals surface area contributed by atoms with Gasteiger partial charge in [-0.25, -0.2) is 0 Å². The maximum atomic E-state index is 10.1. The summed E-state index contributed by atoms with van der Waals surface area (Å²) in [5.41, 5.74) is 0. The third-order valence-electron chi connectivity index (χ3n) is 1.13. The Labute approximate surface area is 63.0 Å². The van der Waals surface area contributed by atoms with Gasteiger partial charge in [-0.3, -0.25) is 4.79 Å². The molecule has 0 atom stereocenters. The lowest BCUT2D eigenvalue weighted by Crippen LogP contribution is -2.00. The summed E-state index contributed by atoms with van der Waals surface area (Å²) in [5.74, 6) is -0.257. The molecule has 0 saturated carbocycles. The van der Waals surface area contributed by atoms with Crippen LogP contribution in [0.4, 0.5) is 0 Å². The van der Waals surface area contributed by atoms with E-state index < -0.39 is 5.97 Å². The van der Waals surface area contributed by atoms with Crippen molar-refractivity contribution in [3.05, 3.63) is 11.7 Å². The normalized spacial score (nSPS) is 9.91. The molecule has 5 heteroatoms. The van der Waals surface area contributed by atoms with E-state index >= 15 is 0 Å². The van der Waals surface area contributed by atoms with E-state index in [1.807, 2.05) is 6.92 Å². The third-order valence-corrected chi connectivity index (χ3v) is 1.13. The summed E-state index contributed by atoms with van der Waals surface area (Å²) >= 11 is 0. The first kappa shape index (κ1) is 7.71. The summed E-state index contributed by atoms with van der Waals surface area (Å²) in [4.78, 5) is 13.9. The van der Waals surface area contributed by atoms with Gasteiger partial charge in [-0.1, -0.05) is 12.1 Å². The van der Waals surface area contributed by atoms with Crippen LogP contribution in [0.15, 0.2) is 4.52 Å². The van der Waals surface area contributed by atoms with Crippen molar-refractivity contribution in [2.45, 2.75) is 19.8 Å². The van der Waals surface area contributed by atoms with Crippen molar-refractivity contribution in [3.8, 4) is 0 Å². The van der Waals surface area contributed by atoms with Crippen molar-refractivity contribution in [3.63, 3.8) is 0 Å². The molecule has 0 amide bonds. The van der Waals surface area contributed by atoms with E-state index in [1.165, 1.54) is 0 Å². The molecule has 0 aliphatic carbocycles. The second kappa shape index (κ2) is 3.14. The van der Waals surface area contributed by atoms with E-state index in [9.17, 15) is 4.79 Å². The third kappa shape index (κ3) is 2.03. The summed E-state index contributed by atoms with van der Waals surface area (Å²) in [7, 11) is 0. The molecular weight excluding hydrogens is 148 g/mol. The molecule has 11 heavy (non-hydrogen) atoms. The average Bonchev–Trinajstić information content (AvgIpc) is 2.34. The number of hydrogen-bond acceptors (Lipinski definition) is 4. The van der Waals surface area contributed by atoms with Crippen molar-refractivity contribution in [2.24, 2.45) is 0 Å². The molecule has 5 nitrogen and oxygen atoms in total. The predicted molar refractivity (Wildman–Crippen MR) is 35.0 cm³/mol. The minimum absolute atomic E-state index is 0.161. The van der Waals surface area contributed by atoms with E-state index in [1.54, 1.807) is 0 Å². The molecule has 1 rings (SSSR count). The number of carboxylic acid groups (broad SMARTS) is 1. The Hall–Kier alpha value is -1.39. The highest BCUT2D eigenvalue weighted by Crippen LogP contribution is 1.98. The molecule has 1 aromatic heterocycles. The number of carbonyl (C=O) groups is 1. The van der Waals surface area contributed by atoms with Crippen LogP contribution in [0.25, 0.3) is 0 Å². The molecule has 60 valence electrons. The summed E-state index contributed by atoms with van der Waals surface area (Å²) in [6.45, 7) is 1.87. The van der Waals surface area contributed by atoms with Crippen LogP contribution in [0.3, 0.4) is 0 Å². The summed E-state index contributed by atoms with van der Waals surface area (Å²) in [6, 6.07) is 0. The van der Waals surface area contributed by atoms with Gasteiger partial charge in [-0.2, -0.15) is 4.98 Å². The van der Waals surface area contributed by atoms with E-state index in [-0.39, 0.29) is 12.3 Å². The van der Waals surface area contributed by atoms with Crippen LogP contribution in [0.5, 0.6) is 0 Å². The maximum Gasteiger partial charge on any atom is 0.312 e. The fourth-order valence-corrected chi connectivity index (χ4v) is 0.635. The van der Waals surface area contributed by atoms with Crippen molar-refractivity contribution in [1.29, 1.82) is 0 Å². The first-order valence-corrected chi connectivity index (χ1v) is 3.25. The zero-order valence-corrected chi connectivity index (χ0v) is 6.07. The maximum absolute atomic E-state index is 10.1. The monoisotopic (exact) mass is 156 g/mol. The van der Waals surface area contributed by atoms with Crippen molar-refractivity contribution < 1.29 is 14.4 Å². The highest BCUT2D eigenvalue weighted by Gasteiger charge is 2.07. The topological polar surface area (TPSA) is 76.2 Å². The van der Waals surface area contributed by atoms with Crippen LogP contribution in [0.2, 0.25) is 0 Å². The average molecular weight is 156 g/mol. The number of aryl methyl sites for hydroxylation is 1. The minimum atomic E-state index is -0.962. The van der Waals surface area contributed by atoms with Crippen LogP contribution >= 0.6 is 0 Å². The van der Waals surface area contributed by atoms with Crippen LogP contribution < -0.4 is 0 Å². The van der Waals surface area contributed by atoms with Crippen LogP contribution in [-0.4, -0.2) is 21.2 Å². The zero-order valence-electron chi connectivity index (χ0n) is 6.07. The lowest BCUT2D eigenvalue weighted by Gasteiger charge is -1.82. The van der Waals surface area contributed by atoms with E-state index in [0.29, 0.717) is 12.2 Å². The Morgan fingerprint density at radius 1 is 1.73 bits per heavy atom. The molecule has 1 N–H and O–H groups in total. The number of aliphatic carboxylic acids is 1. The molecule has 0 aliphatic rings. The first-order valence-electron chi connectivity index (χ1n) is 3.25. The molecule has 1 heterocycles. The number of hydrogen-bond donors (Lipinski definition) is 1. The van der Waals surface area contributed by atoms with Gasteiger partial charge in [0.25, 0.3) is 0 Å². The molecular formula is C6H8N2O3. The largest absolute Gasteiger partial charge is 0.481 e. The quantitative estimate of drug-likeness (QED) is 0.679. The summed E-state index contributed by atoms with van der Waals surface area (Å²) in [5, 5.41) is 11.9. The SMILES string of the molecule is CCc1noc(CC(=O)O)n1. The molecule has 0 saturated heterocycles. The van der Waals surface area contributed by atoms with Gasteiger partial charge in [0.05, 0.1) is 0 Å². The molecule has 0 aliphatic heterocycles. The molecule has 0 radical (unpaired) electrons. The number of nitrogens with zero attached hydrogens (tertiary/aromatic N) is 2. The van der Waals surface area contributed by atoms with Gasteiger partial charge in [0.1, 0.15) is 6.42 Å². The second-order valence-corrected chi connectivity index (χ2v) is 2.03. The van der Waals surface area contributed by atoms with Crippen LogP contribution in [0, 0.1) is 0 Å². The molecule has 1 aromatic rings.